The Morgan fingerprint density at radius 3 is 2.81 bits per heavy atom. The number of nitrogens with one attached hydrogen (secondary N) is 1. The zero-order valence-electron chi connectivity index (χ0n) is 10.0. The molecule has 0 aliphatic carbocycles. The molecule has 0 fully saturated rings. The highest BCUT2D eigenvalue weighted by atomic mass is 79.9. The van der Waals surface area contributed by atoms with Crippen molar-refractivity contribution in [3.05, 3.63) is 39.9 Å². The van der Waals surface area contributed by atoms with Crippen molar-refractivity contribution >= 4 is 15.9 Å². The molecule has 0 atom stereocenters. The van der Waals surface area contributed by atoms with Crippen LogP contribution in [0.2, 0.25) is 0 Å². The Bertz CT molecular complexity index is 370. The lowest BCUT2D eigenvalue weighted by Crippen LogP contribution is -2.13. The van der Waals surface area contributed by atoms with Gasteiger partial charge in [0.1, 0.15) is 5.75 Å². The van der Waals surface area contributed by atoms with Gasteiger partial charge in [-0.25, -0.2) is 0 Å². The monoisotopic (exact) mass is 283 g/mol. The van der Waals surface area contributed by atoms with Crippen molar-refractivity contribution in [2.45, 2.75) is 20.4 Å². The third kappa shape index (κ3) is 4.37. The largest absolute Gasteiger partial charge is 0.497 e. The smallest absolute Gasteiger partial charge is 0.119 e. The highest BCUT2D eigenvalue weighted by molar-refractivity contribution is 9.10. The summed E-state index contributed by atoms with van der Waals surface area (Å²) in [6.45, 7) is 5.93. The van der Waals surface area contributed by atoms with E-state index in [0.29, 0.717) is 0 Å². The number of benzene rings is 1. The normalized spacial score (nSPS) is 10.0. The lowest BCUT2D eigenvalue weighted by Gasteiger charge is -2.07. The minimum Gasteiger partial charge on any atom is -0.497 e. The molecule has 0 saturated carbocycles. The van der Waals surface area contributed by atoms with E-state index in [2.05, 4.69) is 41.2 Å². The zero-order valence-corrected chi connectivity index (χ0v) is 11.6. The summed E-state index contributed by atoms with van der Waals surface area (Å²) in [5, 5.41) is 3.36. The van der Waals surface area contributed by atoms with Crippen LogP contribution in [0.5, 0.6) is 5.75 Å². The maximum Gasteiger partial charge on any atom is 0.119 e. The second-order valence-corrected chi connectivity index (χ2v) is 4.72. The van der Waals surface area contributed by atoms with Crippen LogP contribution in [0, 0.1) is 0 Å². The highest BCUT2D eigenvalue weighted by Crippen LogP contribution is 2.22. The molecule has 0 bridgehead atoms. The van der Waals surface area contributed by atoms with Gasteiger partial charge >= 0.3 is 0 Å². The van der Waals surface area contributed by atoms with E-state index in [4.69, 9.17) is 4.74 Å². The average Bonchev–Trinajstić information content (AvgIpc) is 2.26. The Hall–Kier alpha value is -0.800. The van der Waals surface area contributed by atoms with Crippen molar-refractivity contribution in [3.8, 4) is 5.75 Å². The molecule has 2 nitrogen and oxygen atoms in total. The Morgan fingerprint density at radius 1 is 1.44 bits per heavy atom. The maximum absolute atomic E-state index is 5.19. The Balaban J connectivity index is 2.55. The summed E-state index contributed by atoms with van der Waals surface area (Å²) < 4.78 is 6.30. The van der Waals surface area contributed by atoms with Crippen LogP contribution in [0.1, 0.15) is 19.4 Å². The Kier molecular flexibility index (Phi) is 5.56. The van der Waals surface area contributed by atoms with Gasteiger partial charge in [-0.05, 0) is 37.6 Å². The van der Waals surface area contributed by atoms with Crippen molar-refractivity contribution in [2.24, 2.45) is 0 Å². The van der Waals surface area contributed by atoms with Crippen LogP contribution in [0.4, 0.5) is 0 Å². The third-order valence-electron chi connectivity index (χ3n) is 2.22. The van der Waals surface area contributed by atoms with E-state index in [1.807, 2.05) is 18.2 Å². The van der Waals surface area contributed by atoms with Gasteiger partial charge in [-0.1, -0.05) is 27.6 Å². The molecule has 0 aliphatic heterocycles. The number of hydrogen-bond acceptors (Lipinski definition) is 2. The van der Waals surface area contributed by atoms with Crippen LogP contribution < -0.4 is 10.1 Å². The van der Waals surface area contributed by atoms with Crippen LogP contribution in [0.25, 0.3) is 0 Å². The average molecular weight is 284 g/mol. The van der Waals surface area contributed by atoms with Gasteiger partial charge in [-0.15, -0.1) is 0 Å². The van der Waals surface area contributed by atoms with Gasteiger partial charge < -0.3 is 10.1 Å². The molecule has 0 aliphatic rings. The fourth-order valence-electron chi connectivity index (χ4n) is 1.30. The summed E-state index contributed by atoms with van der Waals surface area (Å²) in [7, 11) is 1.68. The van der Waals surface area contributed by atoms with Crippen LogP contribution in [0.3, 0.4) is 0 Å². The van der Waals surface area contributed by atoms with E-state index >= 15 is 0 Å². The summed E-state index contributed by atoms with van der Waals surface area (Å²) in [5.41, 5.74) is 2.54. The second-order valence-electron chi connectivity index (χ2n) is 3.87. The molecule has 0 saturated heterocycles. The number of halogens is 1. The first-order valence-corrected chi connectivity index (χ1v) is 6.09. The lowest BCUT2D eigenvalue weighted by atomic mass is 10.2. The minimum absolute atomic E-state index is 0.835. The predicted molar refractivity (Wildman–Crippen MR) is 71.8 cm³/mol. The molecule has 1 aromatic rings. The van der Waals surface area contributed by atoms with E-state index in [-0.39, 0.29) is 0 Å². The van der Waals surface area contributed by atoms with E-state index in [1.165, 1.54) is 11.1 Å². The molecule has 1 aromatic carbocycles. The van der Waals surface area contributed by atoms with Crippen molar-refractivity contribution < 1.29 is 4.74 Å². The summed E-state index contributed by atoms with van der Waals surface area (Å²) in [5.74, 6) is 0.891. The first-order valence-electron chi connectivity index (χ1n) is 5.30. The Labute approximate surface area is 106 Å². The van der Waals surface area contributed by atoms with E-state index in [0.717, 1.165) is 23.3 Å². The van der Waals surface area contributed by atoms with E-state index in [1.54, 1.807) is 7.11 Å². The molecular weight excluding hydrogens is 266 g/mol. The van der Waals surface area contributed by atoms with E-state index in [9.17, 15) is 0 Å². The topological polar surface area (TPSA) is 21.3 Å². The summed E-state index contributed by atoms with van der Waals surface area (Å²) in [6.07, 6.45) is 2.17. The molecule has 3 heteroatoms. The third-order valence-corrected chi connectivity index (χ3v) is 3.00. The molecule has 16 heavy (non-hydrogen) atoms. The van der Waals surface area contributed by atoms with Gasteiger partial charge in [0.05, 0.1) is 7.11 Å². The van der Waals surface area contributed by atoms with Gasteiger partial charge in [-0.3, -0.25) is 0 Å². The van der Waals surface area contributed by atoms with Gasteiger partial charge in [-0.2, -0.15) is 0 Å². The van der Waals surface area contributed by atoms with Gasteiger partial charge in [0.15, 0.2) is 0 Å². The van der Waals surface area contributed by atoms with Crippen LogP contribution in [0.15, 0.2) is 34.3 Å². The SMILES string of the molecule is COc1ccc(Br)c(CNCC=C(C)C)c1. The Morgan fingerprint density at radius 2 is 2.19 bits per heavy atom. The van der Waals surface area contributed by atoms with Gasteiger partial charge in [0, 0.05) is 17.6 Å². The van der Waals surface area contributed by atoms with Crippen molar-refractivity contribution in [2.75, 3.05) is 13.7 Å². The number of rotatable bonds is 5. The predicted octanol–water partition coefficient (Wildman–Crippen LogP) is 3.51. The summed E-state index contributed by atoms with van der Waals surface area (Å²) >= 11 is 3.53. The van der Waals surface area contributed by atoms with Crippen LogP contribution >= 0.6 is 15.9 Å². The van der Waals surface area contributed by atoms with Crippen molar-refractivity contribution in [3.63, 3.8) is 0 Å². The molecule has 1 N–H and O–H groups in total. The van der Waals surface area contributed by atoms with E-state index < -0.39 is 0 Å². The molecule has 0 aromatic heterocycles. The summed E-state index contributed by atoms with van der Waals surface area (Å²) in [4.78, 5) is 0. The molecule has 0 heterocycles. The minimum atomic E-state index is 0.835. The standard InChI is InChI=1S/C13H18BrNO/c1-10(2)6-7-15-9-11-8-12(16-3)4-5-13(11)14/h4-6,8,15H,7,9H2,1-3H3. The highest BCUT2D eigenvalue weighted by Gasteiger charge is 2.00. The molecule has 88 valence electrons. The molecule has 0 radical (unpaired) electrons. The fourth-order valence-corrected chi connectivity index (χ4v) is 1.68. The summed E-state index contributed by atoms with van der Waals surface area (Å²) in [6, 6.07) is 6.00. The quantitative estimate of drug-likeness (QED) is 0.660. The molecule has 0 spiro atoms. The van der Waals surface area contributed by atoms with Crippen molar-refractivity contribution in [1.82, 2.24) is 5.32 Å². The molecule has 1 rings (SSSR count). The number of ether oxygens (including phenoxy) is 1. The van der Waals surface area contributed by atoms with Gasteiger partial charge in [0.25, 0.3) is 0 Å². The van der Waals surface area contributed by atoms with Gasteiger partial charge in [0.2, 0.25) is 0 Å². The first-order chi connectivity index (χ1) is 7.63. The lowest BCUT2D eigenvalue weighted by molar-refractivity contribution is 0.414. The number of methoxy groups -OCH3 is 1. The molecular formula is C13H18BrNO. The number of allylic oxidation sites excluding steroid dienone is 1. The van der Waals surface area contributed by atoms with Crippen molar-refractivity contribution in [1.29, 1.82) is 0 Å². The zero-order chi connectivity index (χ0) is 12.0. The first kappa shape index (κ1) is 13.3. The number of hydrogen-bond donors (Lipinski definition) is 1. The fraction of sp³-hybridized carbons (Fsp3) is 0.385. The van der Waals surface area contributed by atoms with Crippen LogP contribution in [-0.4, -0.2) is 13.7 Å². The maximum atomic E-state index is 5.19. The second kappa shape index (κ2) is 6.71. The molecule has 0 unspecified atom stereocenters. The molecule has 0 amide bonds. The van der Waals surface area contributed by atoms with Crippen LogP contribution in [-0.2, 0) is 6.54 Å².